The standard InChI is InChI=1S/C22H29N3O/c1-16-7-4-5-13-25(16)14-6-12-23-22(26)19-15-21(17-10-11-17)24-20-9-3-2-8-18(19)20/h2-3,8-9,15-17H,4-7,10-14H2,1H3,(H,23,26)/p+1/t16-/m0/s1. The summed E-state index contributed by atoms with van der Waals surface area (Å²) < 4.78 is 0. The fourth-order valence-corrected chi connectivity index (χ4v) is 4.21. The van der Waals surface area contributed by atoms with Gasteiger partial charge in [-0.25, -0.2) is 0 Å². The average Bonchev–Trinajstić information content (AvgIpc) is 3.51. The number of piperidine rings is 1. The van der Waals surface area contributed by atoms with Crippen molar-refractivity contribution in [3.63, 3.8) is 0 Å². The maximum absolute atomic E-state index is 12.8. The zero-order valence-electron chi connectivity index (χ0n) is 15.8. The van der Waals surface area contributed by atoms with E-state index in [2.05, 4.69) is 12.2 Å². The van der Waals surface area contributed by atoms with Crippen LogP contribution in [0.1, 0.15) is 67.4 Å². The van der Waals surface area contributed by atoms with Crippen LogP contribution in [-0.2, 0) is 0 Å². The van der Waals surface area contributed by atoms with Gasteiger partial charge in [-0.1, -0.05) is 18.2 Å². The highest BCUT2D eigenvalue weighted by Crippen LogP contribution is 2.40. The molecule has 1 saturated carbocycles. The lowest BCUT2D eigenvalue weighted by molar-refractivity contribution is -0.928. The number of para-hydroxylation sites is 1. The Hall–Kier alpha value is -1.94. The number of nitrogens with zero attached hydrogens (tertiary/aromatic N) is 1. The Kier molecular flexibility index (Phi) is 5.21. The smallest absolute Gasteiger partial charge is 0.252 e. The van der Waals surface area contributed by atoms with Gasteiger partial charge in [0.1, 0.15) is 0 Å². The number of pyridine rings is 1. The lowest BCUT2D eigenvalue weighted by Gasteiger charge is -2.30. The third-order valence-electron chi connectivity index (χ3n) is 6.02. The van der Waals surface area contributed by atoms with Gasteiger partial charge in [0, 0.05) is 30.0 Å². The van der Waals surface area contributed by atoms with E-state index in [1.807, 2.05) is 30.3 Å². The van der Waals surface area contributed by atoms with Crippen LogP contribution in [0.15, 0.2) is 30.3 Å². The number of hydrogen-bond acceptors (Lipinski definition) is 2. The van der Waals surface area contributed by atoms with Crippen LogP contribution in [0.25, 0.3) is 10.9 Å². The Morgan fingerprint density at radius 1 is 1.23 bits per heavy atom. The molecule has 1 aromatic carbocycles. The molecule has 26 heavy (non-hydrogen) atoms. The molecular weight excluding hydrogens is 322 g/mol. The van der Waals surface area contributed by atoms with Crippen molar-refractivity contribution in [2.45, 2.75) is 57.4 Å². The lowest BCUT2D eigenvalue weighted by atomic mass is 10.0. The molecule has 4 nitrogen and oxygen atoms in total. The summed E-state index contributed by atoms with van der Waals surface area (Å²) in [6.45, 7) is 5.56. The average molecular weight is 353 g/mol. The highest BCUT2D eigenvalue weighted by Gasteiger charge is 2.27. The van der Waals surface area contributed by atoms with E-state index in [4.69, 9.17) is 4.98 Å². The molecule has 2 aromatic rings. The molecule has 0 bridgehead atoms. The van der Waals surface area contributed by atoms with E-state index >= 15 is 0 Å². The molecule has 138 valence electrons. The van der Waals surface area contributed by atoms with Gasteiger partial charge in [0.05, 0.1) is 30.2 Å². The fourth-order valence-electron chi connectivity index (χ4n) is 4.21. The van der Waals surface area contributed by atoms with E-state index < -0.39 is 0 Å². The normalized spacial score (nSPS) is 23.1. The molecule has 1 amide bonds. The fraction of sp³-hybridized carbons (Fsp3) is 0.545. The van der Waals surface area contributed by atoms with Gasteiger partial charge < -0.3 is 10.2 Å². The Balaban J connectivity index is 1.39. The molecule has 2 fully saturated rings. The van der Waals surface area contributed by atoms with Gasteiger partial charge in [0.15, 0.2) is 0 Å². The molecule has 4 rings (SSSR count). The van der Waals surface area contributed by atoms with Crippen molar-refractivity contribution in [3.05, 3.63) is 41.6 Å². The molecule has 1 unspecified atom stereocenters. The van der Waals surface area contributed by atoms with Crippen molar-refractivity contribution in [1.82, 2.24) is 10.3 Å². The molecule has 0 radical (unpaired) electrons. The van der Waals surface area contributed by atoms with Gasteiger partial charge in [-0.15, -0.1) is 0 Å². The van der Waals surface area contributed by atoms with Crippen LogP contribution in [-0.4, -0.2) is 36.6 Å². The van der Waals surface area contributed by atoms with Crippen molar-refractivity contribution in [3.8, 4) is 0 Å². The molecular formula is C22H30N3O+. The number of benzene rings is 1. The second-order valence-corrected chi connectivity index (χ2v) is 8.05. The highest BCUT2D eigenvalue weighted by atomic mass is 16.1. The van der Waals surface area contributed by atoms with Gasteiger partial charge in [-0.2, -0.15) is 0 Å². The maximum Gasteiger partial charge on any atom is 0.252 e. The Morgan fingerprint density at radius 2 is 2.08 bits per heavy atom. The van der Waals surface area contributed by atoms with E-state index in [1.165, 1.54) is 38.6 Å². The molecule has 2 aliphatic rings. The molecule has 1 aliphatic carbocycles. The van der Waals surface area contributed by atoms with Crippen LogP contribution in [0, 0.1) is 0 Å². The number of nitrogens with one attached hydrogen (secondary N) is 2. The second kappa shape index (κ2) is 7.75. The predicted molar refractivity (Wildman–Crippen MR) is 105 cm³/mol. The number of amides is 1. The summed E-state index contributed by atoms with van der Waals surface area (Å²) in [5, 5.41) is 4.11. The van der Waals surface area contributed by atoms with Gasteiger partial charge in [-0.05, 0) is 51.2 Å². The van der Waals surface area contributed by atoms with Crippen molar-refractivity contribution >= 4 is 16.8 Å². The molecule has 2 heterocycles. The van der Waals surface area contributed by atoms with Crippen molar-refractivity contribution < 1.29 is 9.69 Å². The zero-order chi connectivity index (χ0) is 17.9. The van der Waals surface area contributed by atoms with Crippen LogP contribution in [0.4, 0.5) is 0 Å². The molecule has 4 heteroatoms. The van der Waals surface area contributed by atoms with Gasteiger partial charge in [-0.3, -0.25) is 9.78 Å². The molecule has 1 aromatic heterocycles. The number of fused-ring (bicyclic) bond motifs is 1. The minimum atomic E-state index is 0.0483. The summed E-state index contributed by atoms with van der Waals surface area (Å²) in [6.07, 6.45) is 7.50. The minimum absolute atomic E-state index is 0.0483. The molecule has 2 N–H and O–H groups in total. The monoisotopic (exact) mass is 352 g/mol. The number of carbonyl (C=O) groups is 1. The Morgan fingerprint density at radius 3 is 2.88 bits per heavy atom. The summed E-state index contributed by atoms with van der Waals surface area (Å²) in [5.74, 6) is 0.600. The molecule has 0 spiro atoms. The summed E-state index contributed by atoms with van der Waals surface area (Å²) >= 11 is 0. The van der Waals surface area contributed by atoms with Crippen LogP contribution >= 0.6 is 0 Å². The first-order valence-electron chi connectivity index (χ1n) is 10.2. The van der Waals surface area contributed by atoms with E-state index in [1.54, 1.807) is 4.90 Å². The maximum atomic E-state index is 12.8. The SMILES string of the molecule is C[C@H]1CCCC[NH+]1CCCNC(=O)c1cc(C2CC2)nc2ccccc12. The first-order valence-corrected chi connectivity index (χ1v) is 10.2. The lowest BCUT2D eigenvalue weighted by Crippen LogP contribution is -3.16. The van der Waals surface area contributed by atoms with Gasteiger partial charge >= 0.3 is 0 Å². The third-order valence-corrected chi connectivity index (χ3v) is 6.02. The first-order chi connectivity index (χ1) is 12.7. The highest BCUT2D eigenvalue weighted by molar-refractivity contribution is 6.06. The van der Waals surface area contributed by atoms with Crippen molar-refractivity contribution in [2.24, 2.45) is 0 Å². The Bertz CT molecular complexity index is 784. The Labute approximate surface area is 156 Å². The summed E-state index contributed by atoms with van der Waals surface area (Å²) in [5.41, 5.74) is 2.81. The van der Waals surface area contributed by atoms with Crippen LogP contribution in [0.5, 0.6) is 0 Å². The number of hydrogen-bond donors (Lipinski definition) is 2. The first kappa shape index (κ1) is 17.5. The van der Waals surface area contributed by atoms with Crippen LogP contribution in [0.2, 0.25) is 0 Å². The molecule has 1 saturated heterocycles. The van der Waals surface area contributed by atoms with E-state index in [9.17, 15) is 4.79 Å². The third kappa shape index (κ3) is 3.90. The van der Waals surface area contributed by atoms with Crippen molar-refractivity contribution in [2.75, 3.05) is 19.6 Å². The van der Waals surface area contributed by atoms with Gasteiger partial charge in [0.2, 0.25) is 0 Å². The number of quaternary nitrogens is 1. The molecule has 1 aliphatic heterocycles. The van der Waals surface area contributed by atoms with E-state index in [0.717, 1.165) is 47.7 Å². The minimum Gasteiger partial charge on any atom is -0.352 e. The van der Waals surface area contributed by atoms with E-state index in [0.29, 0.717) is 5.92 Å². The number of likely N-dealkylation sites (tertiary alicyclic amines) is 1. The number of carbonyl (C=O) groups excluding carboxylic acids is 1. The largest absolute Gasteiger partial charge is 0.352 e. The number of aromatic nitrogens is 1. The summed E-state index contributed by atoms with van der Waals surface area (Å²) in [4.78, 5) is 19.3. The summed E-state index contributed by atoms with van der Waals surface area (Å²) in [7, 11) is 0. The quantitative estimate of drug-likeness (QED) is 0.785. The zero-order valence-corrected chi connectivity index (χ0v) is 15.8. The molecule has 2 atom stereocenters. The summed E-state index contributed by atoms with van der Waals surface area (Å²) in [6, 6.07) is 10.8. The second-order valence-electron chi connectivity index (χ2n) is 8.05. The number of rotatable bonds is 6. The van der Waals surface area contributed by atoms with Crippen molar-refractivity contribution in [1.29, 1.82) is 0 Å². The topological polar surface area (TPSA) is 46.4 Å². The van der Waals surface area contributed by atoms with Crippen LogP contribution < -0.4 is 10.2 Å². The van der Waals surface area contributed by atoms with Crippen LogP contribution in [0.3, 0.4) is 0 Å². The predicted octanol–water partition coefficient (Wildman–Crippen LogP) is 2.69. The van der Waals surface area contributed by atoms with E-state index in [-0.39, 0.29) is 5.91 Å². The van der Waals surface area contributed by atoms with Gasteiger partial charge in [0.25, 0.3) is 5.91 Å².